The van der Waals surface area contributed by atoms with E-state index in [1.54, 1.807) is 0 Å². The van der Waals surface area contributed by atoms with Crippen LogP contribution in [-0.2, 0) is 36.5 Å². The van der Waals surface area contributed by atoms with E-state index in [2.05, 4.69) is 20.9 Å². The van der Waals surface area contributed by atoms with E-state index in [1.807, 2.05) is 0 Å². The predicted octanol–water partition coefficient (Wildman–Crippen LogP) is 0.184. The highest BCUT2D eigenvalue weighted by Crippen LogP contribution is 2.33. The fourth-order valence-electron chi connectivity index (χ4n) is 2.10. The van der Waals surface area contributed by atoms with Crippen molar-refractivity contribution in [1.29, 1.82) is 0 Å². The maximum atomic E-state index is 10.6. The average Bonchev–Trinajstić information content (AvgIpc) is 2.58. The van der Waals surface area contributed by atoms with Crippen molar-refractivity contribution < 1.29 is 44.2 Å². The number of aliphatic carboxylic acids is 1. The molecule has 14 heteroatoms. The zero-order valence-corrected chi connectivity index (χ0v) is 18.3. The molecule has 0 spiro atoms. The van der Waals surface area contributed by atoms with Crippen molar-refractivity contribution in [2.45, 2.75) is 12.5 Å². The van der Waals surface area contributed by atoms with E-state index in [1.165, 1.54) is 36.4 Å². The Hall–Kier alpha value is -2.10. The lowest BCUT2D eigenvalue weighted by molar-refractivity contribution is -0.138. The van der Waals surface area contributed by atoms with Crippen molar-refractivity contribution in [1.82, 2.24) is 0 Å². The van der Waals surface area contributed by atoms with Crippen molar-refractivity contribution in [3.8, 4) is 11.5 Å². The molecule has 11 nitrogen and oxygen atoms in total. The highest BCUT2D eigenvalue weighted by Gasteiger charge is 2.14. The monoisotopic (exact) mass is 482 g/mol. The van der Waals surface area contributed by atoms with E-state index < -0.39 is 32.8 Å². The highest BCUT2D eigenvalue weighted by atomic mass is 32.3. The Bertz CT molecular complexity index is 1010. The highest BCUT2D eigenvalue weighted by molar-refractivity contribution is 7.95. The second kappa shape index (κ2) is 10.8. The van der Waals surface area contributed by atoms with Crippen LogP contribution in [0.5, 0.6) is 11.5 Å². The summed E-state index contributed by atoms with van der Waals surface area (Å²) in [5.41, 5.74) is 5.27. The molecule has 0 heterocycles. The second-order valence-electron chi connectivity index (χ2n) is 6.01. The van der Waals surface area contributed by atoms with Crippen LogP contribution < -0.4 is 14.1 Å². The summed E-state index contributed by atoms with van der Waals surface area (Å²) >= 11 is 0. The SMILES string of the molecule is C[S+](C)CCC(N)C(=O)O.O=S(=O)([O-])Oc1cccc2c(OS(=O)(=O)[O-])cccc12. The summed E-state index contributed by atoms with van der Waals surface area (Å²) in [4.78, 5) is 10.2. The summed E-state index contributed by atoms with van der Waals surface area (Å²) in [5.74, 6) is -0.587. The van der Waals surface area contributed by atoms with Crippen molar-refractivity contribution >= 4 is 48.4 Å². The molecule has 0 saturated carbocycles. The Labute approximate surface area is 177 Å². The first-order chi connectivity index (χ1) is 13.7. The summed E-state index contributed by atoms with van der Waals surface area (Å²) in [6.07, 6.45) is 4.74. The van der Waals surface area contributed by atoms with E-state index in [-0.39, 0.29) is 22.3 Å². The van der Waals surface area contributed by atoms with Gasteiger partial charge in [0.05, 0.1) is 12.5 Å². The molecule has 0 bridgehead atoms. The van der Waals surface area contributed by atoms with Gasteiger partial charge in [0.15, 0.2) is 0 Å². The van der Waals surface area contributed by atoms with Crippen LogP contribution in [0.15, 0.2) is 36.4 Å². The minimum absolute atomic E-state index is 0.105. The first-order valence-corrected chi connectivity index (χ1v) is 12.9. The number of fused-ring (bicyclic) bond motifs is 1. The van der Waals surface area contributed by atoms with E-state index in [0.717, 1.165) is 5.75 Å². The van der Waals surface area contributed by atoms with Crippen molar-refractivity contribution in [2.24, 2.45) is 5.73 Å². The number of carboxylic acids is 1. The first kappa shape index (κ1) is 25.9. The van der Waals surface area contributed by atoms with Gasteiger partial charge in [0.25, 0.3) is 20.8 Å². The van der Waals surface area contributed by atoms with Crippen molar-refractivity contribution in [2.75, 3.05) is 18.3 Å². The normalized spacial score (nSPS) is 12.7. The third kappa shape index (κ3) is 9.60. The number of benzene rings is 2. The minimum atomic E-state index is -4.99. The topological polar surface area (TPSA) is 196 Å². The van der Waals surface area contributed by atoms with Gasteiger partial charge in [0.1, 0.15) is 23.3 Å². The van der Waals surface area contributed by atoms with E-state index in [0.29, 0.717) is 17.3 Å². The Balaban J connectivity index is 0.000000382. The largest absolute Gasteiger partial charge is 0.716 e. The van der Waals surface area contributed by atoms with Gasteiger partial charge in [-0.15, -0.1) is 0 Å². The van der Waals surface area contributed by atoms with Crippen LogP contribution in [0.3, 0.4) is 0 Å². The van der Waals surface area contributed by atoms with Crippen LogP contribution >= 0.6 is 0 Å². The first-order valence-electron chi connectivity index (χ1n) is 8.04. The smallest absolute Gasteiger partial charge is 0.320 e. The fourth-order valence-corrected chi connectivity index (χ4v) is 3.56. The van der Waals surface area contributed by atoms with E-state index in [4.69, 9.17) is 10.8 Å². The van der Waals surface area contributed by atoms with Gasteiger partial charge in [-0.05, 0) is 23.0 Å². The van der Waals surface area contributed by atoms with Crippen molar-refractivity contribution in [3.05, 3.63) is 36.4 Å². The van der Waals surface area contributed by atoms with Crippen LogP contribution in [-0.4, -0.2) is 61.3 Å². The predicted molar refractivity (Wildman–Crippen MR) is 109 cm³/mol. The Kier molecular flexibility index (Phi) is 9.33. The van der Waals surface area contributed by atoms with E-state index >= 15 is 0 Å². The molecule has 2 rings (SSSR count). The average molecular weight is 483 g/mol. The fraction of sp³-hybridized carbons (Fsp3) is 0.312. The number of nitrogens with two attached hydrogens (primary N) is 1. The molecule has 2 aromatic rings. The summed E-state index contributed by atoms with van der Waals surface area (Å²) in [6.45, 7) is 0. The summed E-state index contributed by atoms with van der Waals surface area (Å²) < 4.78 is 72.1. The van der Waals surface area contributed by atoms with Gasteiger partial charge in [-0.1, -0.05) is 24.3 Å². The number of hydrogen-bond acceptors (Lipinski definition) is 10. The van der Waals surface area contributed by atoms with Gasteiger partial charge >= 0.3 is 5.97 Å². The van der Waals surface area contributed by atoms with Crippen LogP contribution in [0, 0.1) is 0 Å². The maximum Gasteiger partial charge on any atom is 0.320 e. The molecule has 1 atom stereocenters. The maximum absolute atomic E-state index is 10.6. The molecule has 1 unspecified atom stereocenters. The number of rotatable bonds is 8. The van der Waals surface area contributed by atoms with Gasteiger partial charge in [0.2, 0.25) is 0 Å². The Morgan fingerprint density at radius 1 is 1.00 bits per heavy atom. The molecule has 3 N–H and O–H groups in total. The second-order valence-corrected chi connectivity index (χ2v) is 10.4. The number of hydrogen-bond donors (Lipinski definition) is 2. The molecular formula is C16H20NO10S3-. The summed E-state index contributed by atoms with van der Waals surface area (Å²) in [5, 5.41) is 8.58. The zero-order chi connectivity index (χ0) is 23.1. The van der Waals surface area contributed by atoms with E-state index in [9.17, 15) is 30.7 Å². The molecular weight excluding hydrogens is 462 g/mol. The molecule has 2 aromatic carbocycles. The van der Waals surface area contributed by atoms with Gasteiger partial charge in [-0.2, -0.15) is 0 Å². The lowest BCUT2D eigenvalue weighted by Gasteiger charge is -2.14. The number of carboxylic acid groups (broad SMARTS) is 1. The lowest BCUT2D eigenvalue weighted by atomic mass is 10.1. The Morgan fingerprint density at radius 2 is 1.40 bits per heavy atom. The standard InChI is InChI=1S/C10H8O8S2.C6H13NO2S/c11-19(12,13)17-9-5-1-3-7-8(9)4-2-6-10(7)18-20(14,15)16;1-10(2)4-3-5(7)6(8)9/h1-6H,(H,11,12,13)(H,14,15,16);5H,3-4,7H2,1-2H3/p-1. The van der Waals surface area contributed by atoms with Crippen LogP contribution in [0.2, 0.25) is 0 Å². The molecule has 0 fully saturated rings. The lowest BCUT2D eigenvalue weighted by Crippen LogP contribution is -2.31. The van der Waals surface area contributed by atoms with Gasteiger partial charge < -0.3 is 28.3 Å². The summed E-state index contributed by atoms with van der Waals surface area (Å²) in [6, 6.07) is 7.11. The van der Waals surface area contributed by atoms with Gasteiger partial charge in [-0.3, -0.25) is 4.79 Å². The molecule has 0 amide bonds. The minimum Gasteiger partial charge on any atom is -0.716 e. The van der Waals surface area contributed by atoms with Crippen LogP contribution in [0.4, 0.5) is 0 Å². The molecule has 0 radical (unpaired) electrons. The molecule has 0 saturated heterocycles. The molecule has 168 valence electrons. The van der Waals surface area contributed by atoms with Crippen LogP contribution in [0.25, 0.3) is 10.8 Å². The van der Waals surface area contributed by atoms with Crippen LogP contribution in [0.1, 0.15) is 6.42 Å². The molecule has 0 aromatic heterocycles. The van der Waals surface area contributed by atoms with Gasteiger partial charge in [-0.25, -0.2) is 16.8 Å². The zero-order valence-electron chi connectivity index (χ0n) is 15.9. The molecule has 0 aliphatic rings. The molecule has 0 aliphatic carbocycles. The number of carbonyl (C=O) groups is 1. The summed E-state index contributed by atoms with van der Waals surface area (Å²) in [7, 11) is -9.67. The third-order valence-electron chi connectivity index (χ3n) is 3.38. The van der Waals surface area contributed by atoms with Gasteiger partial charge in [0, 0.05) is 17.2 Å². The molecule has 0 aliphatic heterocycles. The Morgan fingerprint density at radius 3 is 1.70 bits per heavy atom. The van der Waals surface area contributed by atoms with Crippen molar-refractivity contribution in [3.63, 3.8) is 0 Å². The quantitative estimate of drug-likeness (QED) is 0.296. The molecule has 30 heavy (non-hydrogen) atoms. The third-order valence-corrected chi connectivity index (χ3v) is 5.20.